The molecule has 178 valence electrons. The summed E-state index contributed by atoms with van der Waals surface area (Å²) in [5.41, 5.74) is 1.64. The number of anilines is 1. The molecule has 1 amide bonds. The molecule has 3 rings (SSSR count). The molecule has 0 bridgehead atoms. The van der Waals surface area contributed by atoms with Gasteiger partial charge >= 0.3 is 0 Å². The quantitative estimate of drug-likeness (QED) is 0.281. The second-order valence-electron chi connectivity index (χ2n) is 8.35. The van der Waals surface area contributed by atoms with Gasteiger partial charge in [-0.05, 0) is 51.3 Å². The van der Waals surface area contributed by atoms with Crippen molar-refractivity contribution in [1.82, 2.24) is 14.3 Å². The van der Waals surface area contributed by atoms with Crippen molar-refractivity contribution in [3.05, 3.63) is 44.7 Å². The molecule has 0 saturated carbocycles. The van der Waals surface area contributed by atoms with Crippen LogP contribution >= 0.6 is 24.0 Å². The second kappa shape index (κ2) is 11.8. The Bertz CT molecular complexity index is 1110. The summed E-state index contributed by atoms with van der Waals surface area (Å²) in [7, 11) is 0. The van der Waals surface area contributed by atoms with E-state index in [4.69, 9.17) is 17.0 Å². The Hall–Kier alpha value is -2.23. The van der Waals surface area contributed by atoms with Crippen LogP contribution in [-0.2, 0) is 9.53 Å². The number of nitrogens with one attached hydrogen (secondary N) is 1. The number of pyridine rings is 1. The Morgan fingerprint density at radius 2 is 2.03 bits per heavy atom. The van der Waals surface area contributed by atoms with Crippen molar-refractivity contribution in [2.24, 2.45) is 0 Å². The fourth-order valence-electron chi connectivity index (χ4n) is 3.47. The smallest absolute Gasteiger partial charge is 0.267 e. The van der Waals surface area contributed by atoms with Crippen LogP contribution in [0, 0.1) is 6.92 Å². The van der Waals surface area contributed by atoms with E-state index in [1.54, 1.807) is 17.2 Å². The zero-order chi connectivity index (χ0) is 24.0. The maximum absolute atomic E-state index is 13.4. The summed E-state index contributed by atoms with van der Waals surface area (Å²) in [6.07, 6.45) is 7.36. The number of ether oxygens (including phenoxy) is 1. The van der Waals surface area contributed by atoms with Gasteiger partial charge in [0.05, 0.1) is 16.6 Å². The van der Waals surface area contributed by atoms with E-state index in [2.05, 4.69) is 17.2 Å². The molecular weight excluding hydrogens is 456 g/mol. The number of carbonyl (C=O) groups is 1. The molecule has 3 heterocycles. The molecule has 9 heteroatoms. The lowest BCUT2D eigenvalue weighted by Gasteiger charge is -2.14. The van der Waals surface area contributed by atoms with Crippen LogP contribution in [0.2, 0.25) is 0 Å². The fraction of sp³-hybridized carbons (Fsp3) is 0.500. The van der Waals surface area contributed by atoms with E-state index in [1.165, 1.54) is 16.2 Å². The van der Waals surface area contributed by atoms with Crippen LogP contribution in [0.1, 0.15) is 57.6 Å². The zero-order valence-corrected chi connectivity index (χ0v) is 21.4. The summed E-state index contributed by atoms with van der Waals surface area (Å²) in [4.78, 5) is 33.2. The number of hydrogen-bond acceptors (Lipinski definition) is 7. The van der Waals surface area contributed by atoms with Crippen LogP contribution in [0.3, 0.4) is 0 Å². The molecule has 0 aromatic carbocycles. The predicted octanol–water partition coefficient (Wildman–Crippen LogP) is 4.62. The SMILES string of the molecule is CCCCCN1C(=O)C(=Cc2c(NCCCOC(C)C)nc3ccc(C)cn3c2=O)SC1=S. The van der Waals surface area contributed by atoms with E-state index >= 15 is 0 Å². The average molecular weight is 489 g/mol. The minimum Gasteiger partial charge on any atom is -0.379 e. The molecule has 1 aliphatic rings. The van der Waals surface area contributed by atoms with Gasteiger partial charge in [0.25, 0.3) is 11.5 Å². The van der Waals surface area contributed by atoms with Crippen molar-refractivity contribution in [2.45, 2.75) is 59.5 Å². The standard InChI is InChI=1S/C24H32N4O3S2/c1-5-6-7-12-27-23(30)19(33-24(27)32)14-18-21(25-11-8-13-31-16(2)3)26-20-10-9-17(4)15-28(20)22(18)29/h9-10,14-16,25H,5-8,11-13H2,1-4H3. The van der Waals surface area contributed by atoms with E-state index in [0.29, 0.717) is 46.0 Å². The normalized spacial score (nSPS) is 15.4. The monoisotopic (exact) mass is 488 g/mol. The number of rotatable bonds is 11. The van der Waals surface area contributed by atoms with E-state index in [1.807, 2.05) is 32.9 Å². The molecular formula is C24H32N4O3S2. The largest absolute Gasteiger partial charge is 0.379 e. The third-order valence-corrected chi connectivity index (χ3v) is 6.58. The topological polar surface area (TPSA) is 75.9 Å². The molecule has 7 nitrogen and oxygen atoms in total. The first kappa shape index (κ1) is 25.4. The summed E-state index contributed by atoms with van der Waals surface area (Å²) in [6, 6.07) is 3.74. The number of carbonyl (C=O) groups excluding carboxylic acids is 1. The molecule has 1 fully saturated rings. The van der Waals surface area contributed by atoms with Gasteiger partial charge in [0.2, 0.25) is 0 Å². The van der Waals surface area contributed by atoms with Gasteiger partial charge in [-0.15, -0.1) is 0 Å². The zero-order valence-electron chi connectivity index (χ0n) is 19.7. The van der Waals surface area contributed by atoms with Gasteiger partial charge < -0.3 is 10.1 Å². The van der Waals surface area contributed by atoms with Gasteiger partial charge in [-0.2, -0.15) is 0 Å². The number of aryl methyl sites for hydroxylation is 1. The molecule has 0 unspecified atom stereocenters. The Labute approximate surface area is 204 Å². The number of amides is 1. The number of unbranched alkanes of at least 4 members (excludes halogenated alkanes) is 2. The van der Waals surface area contributed by atoms with Crippen LogP contribution in [0.5, 0.6) is 0 Å². The van der Waals surface area contributed by atoms with Crippen LogP contribution in [0.4, 0.5) is 5.82 Å². The van der Waals surface area contributed by atoms with E-state index in [-0.39, 0.29) is 17.6 Å². The van der Waals surface area contributed by atoms with Crippen molar-refractivity contribution in [3.63, 3.8) is 0 Å². The number of fused-ring (bicyclic) bond motifs is 1. The van der Waals surface area contributed by atoms with Crippen molar-refractivity contribution in [3.8, 4) is 0 Å². The van der Waals surface area contributed by atoms with E-state index in [9.17, 15) is 9.59 Å². The maximum Gasteiger partial charge on any atom is 0.267 e. The second-order valence-corrected chi connectivity index (χ2v) is 10.0. The first-order valence-corrected chi connectivity index (χ1v) is 12.7. The number of nitrogens with zero attached hydrogens (tertiary/aromatic N) is 3. The minimum atomic E-state index is -0.221. The first-order chi connectivity index (χ1) is 15.8. The van der Waals surface area contributed by atoms with Gasteiger partial charge in [0.1, 0.15) is 15.8 Å². The molecule has 2 aromatic rings. The highest BCUT2D eigenvalue weighted by Gasteiger charge is 2.32. The summed E-state index contributed by atoms with van der Waals surface area (Å²) in [5.74, 6) is 0.316. The summed E-state index contributed by atoms with van der Waals surface area (Å²) in [6.45, 7) is 9.85. The molecule has 1 N–H and O–H groups in total. The van der Waals surface area contributed by atoms with Crippen LogP contribution in [0.25, 0.3) is 11.7 Å². The molecule has 1 saturated heterocycles. The molecule has 0 aliphatic carbocycles. The third kappa shape index (κ3) is 6.43. The summed E-state index contributed by atoms with van der Waals surface area (Å²) < 4.78 is 7.66. The number of hydrogen-bond donors (Lipinski definition) is 1. The minimum absolute atomic E-state index is 0.147. The number of aromatic nitrogens is 2. The molecule has 1 aliphatic heterocycles. The molecule has 0 spiro atoms. The lowest BCUT2D eigenvalue weighted by atomic mass is 10.2. The first-order valence-electron chi connectivity index (χ1n) is 11.5. The predicted molar refractivity (Wildman–Crippen MR) is 140 cm³/mol. The van der Waals surface area contributed by atoms with Crippen molar-refractivity contribution >= 4 is 51.7 Å². The Morgan fingerprint density at radius 1 is 1.24 bits per heavy atom. The van der Waals surface area contributed by atoms with Crippen LogP contribution in [0.15, 0.2) is 28.0 Å². The summed E-state index contributed by atoms with van der Waals surface area (Å²) in [5, 5.41) is 3.27. The average Bonchev–Trinajstić information content (AvgIpc) is 3.03. The van der Waals surface area contributed by atoms with E-state index in [0.717, 1.165) is 31.2 Å². The molecule has 0 atom stereocenters. The van der Waals surface area contributed by atoms with E-state index < -0.39 is 0 Å². The third-order valence-electron chi connectivity index (χ3n) is 5.20. The number of thiocarbonyl (C=S) groups is 1. The number of thioether (sulfide) groups is 1. The van der Waals surface area contributed by atoms with Crippen molar-refractivity contribution in [2.75, 3.05) is 25.0 Å². The van der Waals surface area contributed by atoms with Gasteiger partial charge in [0, 0.05) is 25.9 Å². The van der Waals surface area contributed by atoms with Crippen molar-refractivity contribution in [1.29, 1.82) is 0 Å². The van der Waals surface area contributed by atoms with Crippen LogP contribution in [-0.4, -0.2) is 50.3 Å². The van der Waals surface area contributed by atoms with Gasteiger partial charge in [0.15, 0.2) is 0 Å². The molecule has 2 aromatic heterocycles. The highest BCUT2D eigenvalue weighted by atomic mass is 32.2. The molecule has 0 radical (unpaired) electrons. The van der Waals surface area contributed by atoms with Gasteiger partial charge in [-0.25, -0.2) is 4.98 Å². The van der Waals surface area contributed by atoms with Gasteiger partial charge in [-0.3, -0.25) is 18.9 Å². The molecule has 33 heavy (non-hydrogen) atoms. The lowest BCUT2D eigenvalue weighted by molar-refractivity contribution is -0.122. The highest BCUT2D eigenvalue weighted by molar-refractivity contribution is 8.26. The fourth-order valence-corrected chi connectivity index (χ4v) is 4.76. The van der Waals surface area contributed by atoms with Crippen molar-refractivity contribution < 1.29 is 9.53 Å². The van der Waals surface area contributed by atoms with Crippen LogP contribution < -0.4 is 10.9 Å². The Balaban J connectivity index is 1.92. The Kier molecular flexibility index (Phi) is 9.05. The maximum atomic E-state index is 13.4. The lowest BCUT2D eigenvalue weighted by Crippen LogP contribution is -2.29. The van der Waals surface area contributed by atoms with Gasteiger partial charge in [-0.1, -0.05) is 49.8 Å². The Morgan fingerprint density at radius 3 is 2.76 bits per heavy atom. The highest BCUT2D eigenvalue weighted by Crippen LogP contribution is 2.33. The summed E-state index contributed by atoms with van der Waals surface area (Å²) >= 11 is 6.68.